The van der Waals surface area contributed by atoms with E-state index < -0.39 is 11.4 Å². The molecule has 1 fully saturated rings. The average Bonchev–Trinajstić information content (AvgIpc) is 3.02. The van der Waals surface area contributed by atoms with Crippen LogP contribution in [0.3, 0.4) is 0 Å². The van der Waals surface area contributed by atoms with E-state index in [9.17, 15) is 9.18 Å². The number of nitrogens with zero attached hydrogens (tertiary/aromatic N) is 3. The SMILES string of the molecule is CC1(C(=O)Nc2ccc(-n3cncn3)c(F)c2)CCCCN1. The molecule has 1 atom stereocenters. The molecular formula is C15H18FN5O. The van der Waals surface area contributed by atoms with Gasteiger partial charge < -0.3 is 10.6 Å². The molecule has 2 aromatic rings. The number of carbonyl (C=O) groups is 1. The molecule has 116 valence electrons. The zero-order valence-corrected chi connectivity index (χ0v) is 12.3. The Bertz CT molecular complexity index is 665. The largest absolute Gasteiger partial charge is 0.324 e. The van der Waals surface area contributed by atoms with Crippen molar-refractivity contribution in [3.05, 3.63) is 36.7 Å². The number of amides is 1. The summed E-state index contributed by atoms with van der Waals surface area (Å²) in [4.78, 5) is 16.2. The Labute approximate surface area is 127 Å². The van der Waals surface area contributed by atoms with Crippen molar-refractivity contribution in [1.82, 2.24) is 20.1 Å². The van der Waals surface area contributed by atoms with Crippen LogP contribution in [0.4, 0.5) is 10.1 Å². The van der Waals surface area contributed by atoms with Gasteiger partial charge in [-0.25, -0.2) is 14.1 Å². The van der Waals surface area contributed by atoms with Crippen LogP contribution < -0.4 is 10.6 Å². The molecule has 0 bridgehead atoms. The lowest BCUT2D eigenvalue weighted by Crippen LogP contribution is -2.54. The van der Waals surface area contributed by atoms with Crippen LogP contribution in [-0.2, 0) is 4.79 Å². The fourth-order valence-corrected chi connectivity index (χ4v) is 2.62. The number of nitrogens with one attached hydrogen (secondary N) is 2. The van der Waals surface area contributed by atoms with Gasteiger partial charge in [0.1, 0.15) is 18.3 Å². The summed E-state index contributed by atoms with van der Waals surface area (Å²) in [6.07, 6.45) is 5.62. The highest BCUT2D eigenvalue weighted by Crippen LogP contribution is 2.22. The number of piperidine rings is 1. The molecule has 1 unspecified atom stereocenters. The van der Waals surface area contributed by atoms with Crippen LogP contribution in [0.5, 0.6) is 0 Å². The van der Waals surface area contributed by atoms with E-state index in [1.807, 2.05) is 6.92 Å². The summed E-state index contributed by atoms with van der Waals surface area (Å²) in [7, 11) is 0. The van der Waals surface area contributed by atoms with Crippen LogP contribution in [0.25, 0.3) is 5.69 Å². The number of rotatable bonds is 3. The number of aromatic nitrogens is 3. The number of anilines is 1. The van der Waals surface area contributed by atoms with Gasteiger partial charge in [0, 0.05) is 5.69 Å². The van der Waals surface area contributed by atoms with Gasteiger partial charge in [-0.05, 0) is 50.9 Å². The predicted molar refractivity (Wildman–Crippen MR) is 80.2 cm³/mol. The molecule has 1 aromatic heterocycles. The third kappa shape index (κ3) is 2.85. The summed E-state index contributed by atoms with van der Waals surface area (Å²) in [5.74, 6) is -0.606. The van der Waals surface area contributed by atoms with Gasteiger partial charge in [-0.3, -0.25) is 4.79 Å². The quantitative estimate of drug-likeness (QED) is 0.908. The van der Waals surface area contributed by atoms with Gasteiger partial charge in [0.25, 0.3) is 0 Å². The predicted octanol–water partition coefficient (Wildman–Crippen LogP) is 1.88. The van der Waals surface area contributed by atoms with Crippen LogP contribution in [0.2, 0.25) is 0 Å². The van der Waals surface area contributed by atoms with Gasteiger partial charge in [-0.2, -0.15) is 5.10 Å². The first-order valence-electron chi connectivity index (χ1n) is 7.29. The van der Waals surface area contributed by atoms with Crippen molar-refractivity contribution >= 4 is 11.6 Å². The molecule has 1 aliphatic heterocycles. The zero-order chi connectivity index (χ0) is 15.6. The molecule has 0 radical (unpaired) electrons. The van der Waals surface area contributed by atoms with Gasteiger partial charge in [-0.1, -0.05) is 0 Å². The van der Waals surface area contributed by atoms with E-state index in [1.165, 1.54) is 23.4 Å². The van der Waals surface area contributed by atoms with E-state index in [4.69, 9.17) is 0 Å². The molecule has 2 N–H and O–H groups in total. The van der Waals surface area contributed by atoms with Crippen molar-refractivity contribution in [2.45, 2.75) is 31.7 Å². The smallest absolute Gasteiger partial charge is 0.244 e. The minimum atomic E-state index is -0.598. The molecular weight excluding hydrogens is 285 g/mol. The van der Waals surface area contributed by atoms with Gasteiger partial charge in [0.15, 0.2) is 5.82 Å². The first-order valence-corrected chi connectivity index (χ1v) is 7.29. The lowest BCUT2D eigenvalue weighted by atomic mass is 9.90. The Balaban J connectivity index is 1.76. The van der Waals surface area contributed by atoms with Gasteiger partial charge in [0.2, 0.25) is 5.91 Å². The number of benzene rings is 1. The first-order chi connectivity index (χ1) is 10.6. The molecule has 0 aliphatic carbocycles. The number of hydrogen-bond donors (Lipinski definition) is 2. The van der Waals surface area contributed by atoms with E-state index in [-0.39, 0.29) is 11.6 Å². The summed E-state index contributed by atoms with van der Waals surface area (Å²) in [5, 5.41) is 9.91. The molecule has 1 saturated heterocycles. The van der Waals surface area contributed by atoms with Crippen LogP contribution in [-0.4, -0.2) is 32.8 Å². The molecule has 0 spiro atoms. The maximum absolute atomic E-state index is 14.1. The number of carbonyl (C=O) groups excluding carboxylic acids is 1. The van der Waals surface area contributed by atoms with Crippen molar-refractivity contribution < 1.29 is 9.18 Å². The highest BCUT2D eigenvalue weighted by molar-refractivity contribution is 5.98. The molecule has 0 saturated carbocycles. The fourth-order valence-electron chi connectivity index (χ4n) is 2.62. The van der Waals surface area contributed by atoms with E-state index in [2.05, 4.69) is 20.7 Å². The third-order valence-electron chi connectivity index (χ3n) is 3.99. The highest BCUT2D eigenvalue weighted by atomic mass is 19.1. The summed E-state index contributed by atoms with van der Waals surface area (Å²) >= 11 is 0. The normalized spacial score (nSPS) is 21.5. The van der Waals surface area contributed by atoms with Gasteiger partial charge in [0.05, 0.1) is 5.54 Å². The Morgan fingerprint density at radius 2 is 2.32 bits per heavy atom. The lowest BCUT2D eigenvalue weighted by Gasteiger charge is -2.33. The van der Waals surface area contributed by atoms with Crippen molar-refractivity contribution in [3.8, 4) is 5.69 Å². The van der Waals surface area contributed by atoms with Crippen molar-refractivity contribution in [1.29, 1.82) is 0 Å². The molecule has 1 amide bonds. The van der Waals surface area contributed by atoms with Crippen LogP contribution in [0.15, 0.2) is 30.9 Å². The lowest BCUT2D eigenvalue weighted by molar-refractivity contribution is -0.122. The maximum atomic E-state index is 14.1. The monoisotopic (exact) mass is 303 g/mol. The standard InChI is InChI=1S/C15H18FN5O/c1-15(6-2-3-7-18-15)14(22)20-11-4-5-13(12(16)8-11)21-10-17-9-19-21/h4-5,8-10,18H,2-3,6-7H2,1H3,(H,20,22). The van der Waals surface area contributed by atoms with E-state index >= 15 is 0 Å². The summed E-state index contributed by atoms with van der Waals surface area (Å²) in [6, 6.07) is 4.52. The Kier molecular flexibility index (Phi) is 3.89. The average molecular weight is 303 g/mol. The van der Waals surface area contributed by atoms with E-state index in [1.54, 1.807) is 12.1 Å². The second-order valence-electron chi connectivity index (χ2n) is 5.68. The molecule has 2 heterocycles. The molecule has 22 heavy (non-hydrogen) atoms. The van der Waals surface area contributed by atoms with Gasteiger partial charge >= 0.3 is 0 Å². The van der Waals surface area contributed by atoms with Crippen LogP contribution >= 0.6 is 0 Å². The third-order valence-corrected chi connectivity index (χ3v) is 3.99. The maximum Gasteiger partial charge on any atom is 0.244 e. The van der Waals surface area contributed by atoms with E-state index in [0.29, 0.717) is 5.69 Å². The number of halogens is 1. The highest BCUT2D eigenvalue weighted by Gasteiger charge is 2.34. The number of hydrogen-bond acceptors (Lipinski definition) is 4. The van der Waals surface area contributed by atoms with Crippen molar-refractivity contribution in [3.63, 3.8) is 0 Å². The topological polar surface area (TPSA) is 71.8 Å². The minimum Gasteiger partial charge on any atom is -0.324 e. The Hall–Kier alpha value is -2.28. The Morgan fingerprint density at radius 3 is 2.95 bits per heavy atom. The van der Waals surface area contributed by atoms with Gasteiger partial charge in [-0.15, -0.1) is 0 Å². The first kappa shape index (κ1) is 14.6. The van der Waals surface area contributed by atoms with Crippen LogP contribution in [0.1, 0.15) is 26.2 Å². The molecule has 1 aromatic carbocycles. The molecule has 1 aliphatic rings. The minimum absolute atomic E-state index is 0.139. The summed E-state index contributed by atoms with van der Waals surface area (Å²) in [6.45, 7) is 2.70. The fraction of sp³-hybridized carbons (Fsp3) is 0.400. The Morgan fingerprint density at radius 1 is 1.45 bits per heavy atom. The van der Waals surface area contributed by atoms with E-state index in [0.717, 1.165) is 25.8 Å². The second kappa shape index (κ2) is 5.84. The molecule has 6 nitrogen and oxygen atoms in total. The summed E-state index contributed by atoms with van der Waals surface area (Å²) in [5.41, 5.74) is 0.122. The van der Waals surface area contributed by atoms with Crippen molar-refractivity contribution in [2.75, 3.05) is 11.9 Å². The van der Waals surface area contributed by atoms with Crippen molar-refractivity contribution in [2.24, 2.45) is 0 Å². The second-order valence-corrected chi connectivity index (χ2v) is 5.68. The summed E-state index contributed by atoms with van der Waals surface area (Å²) < 4.78 is 15.5. The van der Waals surface area contributed by atoms with Crippen LogP contribution in [0, 0.1) is 5.82 Å². The molecule has 3 rings (SSSR count). The molecule has 7 heteroatoms. The zero-order valence-electron chi connectivity index (χ0n) is 12.3.